The lowest BCUT2D eigenvalue weighted by Gasteiger charge is -2.63. The average Bonchev–Trinajstić information content (AvgIpc) is 2.66. The Morgan fingerprint density at radius 3 is 2.31 bits per heavy atom. The van der Waals surface area contributed by atoms with Gasteiger partial charge in [0.05, 0.1) is 10.9 Å². The van der Waals surface area contributed by atoms with E-state index in [1.165, 1.54) is 6.42 Å². The van der Waals surface area contributed by atoms with E-state index in [1.807, 2.05) is 48.5 Å². The summed E-state index contributed by atoms with van der Waals surface area (Å²) in [5.74, 6) is 1.23. The number of hydrogen-bond donors (Lipinski definition) is 2. The van der Waals surface area contributed by atoms with E-state index in [0.29, 0.717) is 11.8 Å². The van der Waals surface area contributed by atoms with Crippen molar-refractivity contribution in [3.63, 3.8) is 0 Å². The Morgan fingerprint density at radius 2 is 1.66 bits per heavy atom. The highest BCUT2D eigenvalue weighted by Crippen LogP contribution is 2.66. The second-order valence-corrected chi connectivity index (χ2v) is 10.8. The van der Waals surface area contributed by atoms with Crippen molar-refractivity contribution in [2.24, 2.45) is 17.8 Å². The van der Waals surface area contributed by atoms with Gasteiger partial charge in [-0.3, -0.25) is 0 Å². The molecule has 152 valence electrons. The Morgan fingerprint density at radius 1 is 0.966 bits per heavy atom. The van der Waals surface area contributed by atoms with Crippen LogP contribution < -0.4 is 10.6 Å². The van der Waals surface area contributed by atoms with E-state index in [1.54, 1.807) is 0 Å². The predicted molar refractivity (Wildman–Crippen MR) is 119 cm³/mol. The minimum atomic E-state index is -0.355. The second-order valence-electron chi connectivity index (χ2n) is 9.22. The Balaban J connectivity index is 1.45. The normalized spacial score (nSPS) is 35.9. The maximum absolute atomic E-state index is 12.9. The molecule has 4 bridgehead atoms. The van der Waals surface area contributed by atoms with Crippen molar-refractivity contribution in [3.8, 4) is 0 Å². The molecule has 29 heavy (non-hydrogen) atoms. The van der Waals surface area contributed by atoms with Crippen molar-refractivity contribution < 1.29 is 4.79 Å². The van der Waals surface area contributed by atoms with Crippen LogP contribution in [0.1, 0.15) is 43.7 Å². The molecule has 4 aliphatic carbocycles. The summed E-state index contributed by atoms with van der Waals surface area (Å²) >= 11 is 14.3. The fourth-order valence-corrected chi connectivity index (χ4v) is 7.94. The lowest BCUT2D eigenvalue weighted by atomic mass is 9.49. The third kappa shape index (κ3) is 3.64. The van der Waals surface area contributed by atoms with Crippen LogP contribution in [0.15, 0.2) is 60.7 Å². The van der Waals surface area contributed by atoms with Gasteiger partial charge in [-0.15, -0.1) is 23.2 Å². The van der Waals surface area contributed by atoms with Gasteiger partial charge in [0.25, 0.3) is 0 Å². The molecule has 2 N–H and O–H groups in total. The van der Waals surface area contributed by atoms with Crippen molar-refractivity contribution in [2.75, 3.05) is 5.32 Å². The van der Waals surface area contributed by atoms with Crippen LogP contribution >= 0.6 is 23.2 Å². The van der Waals surface area contributed by atoms with Crippen molar-refractivity contribution in [1.29, 1.82) is 0 Å². The molecule has 0 aliphatic heterocycles. The van der Waals surface area contributed by atoms with Gasteiger partial charge in [0, 0.05) is 16.5 Å². The van der Waals surface area contributed by atoms with Gasteiger partial charge in [0.2, 0.25) is 0 Å². The van der Waals surface area contributed by atoms with Crippen LogP contribution in [0.5, 0.6) is 0 Å². The van der Waals surface area contributed by atoms with Crippen molar-refractivity contribution >= 4 is 34.9 Å². The van der Waals surface area contributed by atoms with Crippen LogP contribution in [0, 0.1) is 17.8 Å². The number of carbonyl (C=O) groups is 1. The Kier molecular flexibility index (Phi) is 4.79. The lowest BCUT2D eigenvalue weighted by molar-refractivity contribution is -0.0226. The number of rotatable bonds is 4. The van der Waals surface area contributed by atoms with E-state index in [-0.39, 0.29) is 27.7 Å². The fourth-order valence-electron chi connectivity index (χ4n) is 6.44. The maximum Gasteiger partial charge on any atom is 0.319 e. The van der Waals surface area contributed by atoms with Crippen molar-refractivity contribution in [2.45, 2.75) is 47.9 Å². The zero-order chi connectivity index (χ0) is 20.1. The summed E-state index contributed by atoms with van der Waals surface area (Å²) in [5.41, 5.74) is 1.89. The van der Waals surface area contributed by atoms with E-state index in [0.717, 1.165) is 36.9 Å². The van der Waals surface area contributed by atoms with Crippen molar-refractivity contribution in [1.82, 2.24) is 5.32 Å². The standard InChI is InChI=1S/C24H26Cl2N2O/c25-23-12-16-11-18(14-23)20(24(26,13-16)15-23)21(17-7-3-1-4-8-17)28-22(29)27-19-9-5-2-6-10-19/h1-10,16,18,20-21H,11-15H2,(H2,27,28,29)/t16-,18?,20+,21-,23-,24-/m0/s1. The van der Waals surface area contributed by atoms with Gasteiger partial charge >= 0.3 is 6.03 Å². The maximum atomic E-state index is 12.9. The largest absolute Gasteiger partial charge is 0.331 e. The predicted octanol–water partition coefficient (Wildman–Crippen LogP) is 6.34. The van der Waals surface area contributed by atoms with Gasteiger partial charge in [0.1, 0.15) is 0 Å². The summed E-state index contributed by atoms with van der Waals surface area (Å²) in [6.07, 6.45) is 5.07. The van der Waals surface area contributed by atoms with Crippen molar-refractivity contribution in [3.05, 3.63) is 66.2 Å². The third-order valence-corrected chi connectivity index (χ3v) is 8.08. The molecule has 0 radical (unpaired) electrons. The first kappa shape index (κ1) is 19.3. The fraction of sp³-hybridized carbons (Fsp3) is 0.458. The zero-order valence-corrected chi connectivity index (χ0v) is 17.8. The lowest BCUT2D eigenvalue weighted by Crippen LogP contribution is -2.62. The SMILES string of the molecule is O=C(Nc1ccccc1)N[C@@H](c1ccccc1)[C@H]1C2C[C@H]3C[C@](Cl)(C2)C[C@@]1(Cl)C3. The van der Waals surface area contributed by atoms with E-state index in [9.17, 15) is 4.79 Å². The molecule has 0 spiro atoms. The first-order chi connectivity index (χ1) is 13.9. The number of nitrogens with one attached hydrogen (secondary N) is 2. The molecule has 2 aromatic rings. The molecule has 4 saturated carbocycles. The number of halogens is 2. The quantitative estimate of drug-likeness (QED) is 0.547. The van der Waals surface area contributed by atoms with E-state index < -0.39 is 0 Å². The summed E-state index contributed by atoms with van der Waals surface area (Å²) in [5, 5.41) is 6.24. The summed E-state index contributed by atoms with van der Waals surface area (Å²) in [7, 11) is 0. The van der Waals surface area contributed by atoms with Crippen LogP contribution in [0.3, 0.4) is 0 Å². The molecular weight excluding hydrogens is 403 g/mol. The number of urea groups is 1. The van der Waals surface area contributed by atoms with E-state index >= 15 is 0 Å². The number of para-hydroxylation sites is 1. The molecule has 6 atom stereocenters. The Labute approximate surface area is 182 Å². The number of alkyl halides is 2. The number of amides is 2. The minimum absolute atomic E-state index is 0.136. The van der Waals surface area contributed by atoms with Gasteiger partial charge in [-0.2, -0.15) is 0 Å². The monoisotopic (exact) mass is 428 g/mol. The van der Waals surface area contributed by atoms with E-state index in [2.05, 4.69) is 22.8 Å². The van der Waals surface area contributed by atoms with E-state index in [4.69, 9.17) is 23.2 Å². The molecule has 0 heterocycles. The molecule has 1 unspecified atom stereocenters. The Hall–Kier alpha value is -1.71. The number of anilines is 1. The second kappa shape index (κ2) is 7.21. The van der Waals surface area contributed by atoms with Gasteiger partial charge in [-0.05, 0) is 61.6 Å². The number of benzene rings is 2. The molecule has 0 aromatic heterocycles. The molecule has 0 saturated heterocycles. The van der Waals surface area contributed by atoms with Crippen LogP contribution in [0.4, 0.5) is 10.5 Å². The number of carbonyl (C=O) groups excluding carboxylic acids is 1. The first-order valence-electron chi connectivity index (χ1n) is 10.5. The molecule has 6 rings (SSSR count). The minimum Gasteiger partial charge on any atom is -0.331 e. The molecule has 2 amide bonds. The highest BCUT2D eigenvalue weighted by molar-refractivity contribution is 6.28. The summed E-state index contributed by atoms with van der Waals surface area (Å²) in [6, 6.07) is 19.5. The first-order valence-corrected chi connectivity index (χ1v) is 11.3. The van der Waals surface area contributed by atoms with Crippen LogP contribution in [-0.2, 0) is 0 Å². The molecule has 2 aromatic carbocycles. The Bertz CT molecular complexity index is 892. The van der Waals surface area contributed by atoms with Crippen LogP contribution in [0.25, 0.3) is 0 Å². The molecule has 4 fully saturated rings. The smallest absolute Gasteiger partial charge is 0.319 e. The third-order valence-electron chi connectivity index (χ3n) is 7.10. The van der Waals surface area contributed by atoms with Crippen LogP contribution in [0.2, 0.25) is 0 Å². The highest BCUT2D eigenvalue weighted by atomic mass is 35.5. The molecule has 4 aliphatic rings. The molecule has 3 nitrogen and oxygen atoms in total. The topological polar surface area (TPSA) is 41.1 Å². The summed E-state index contributed by atoms with van der Waals surface area (Å²) < 4.78 is 0. The average molecular weight is 429 g/mol. The van der Waals surface area contributed by atoms with Gasteiger partial charge in [0.15, 0.2) is 0 Å². The summed E-state index contributed by atoms with van der Waals surface area (Å²) in [4.78, 5) is 12.4. The zero-order valence-electron chi connectivity index (χ0n) is 16.3. The number of hydrogen-bond acceptors (Lipinski definition) is 1. The summed E-state index contributed by atoms with van der Waals surface area (Å²) in [6.45, 7) is 0. The van der Waals surface area contributed by atoms with Crippen LogP contribution in [-0.4, -0.2) is 15.8 Å². The van der Waals surface area contributed by atoms with Gasteiger partial charge in [-0.1, -0.05) is 48.5 Å². The highest BCUT2D eigenvalue weighted by Gasteiger charge is 2.63. The van der Waals surface area contributed by atoms with Gasteiger partial charge < -0.3 is 10.6 Å². The molecular formula is C24H26Cl2N2O. The van der Waals surface area contributed by atoms with Gasteiger partial charge in [-0.25, -0.2) is 4.79 Å². The molecule has 5 heteroatoms.